The predicted molar refractivity (Wildman–Crippen MR) is 117 cm³/mol. The van der Waals surface area contributed by atoms with Gasteiger partial charge in [0.1, 0.15) is 11.4 Å². The molecule has 2 aromatic rings. The van der Waals surface area contributed by atoms with Gasteiger partial charge in [-0.1, -0.05) is 12.1 Å². The van der Waals surface area contributed by atoms with Crippen LogP contribution in [0.1, 0.15) is 25.8 Å². The number of anilines is 1. The Hall–Kier alpha value is -2.89. The molecule has 0 aliphatic carbocycles. The zero-order chi connectivity index (χ0) is 21.1. The minimum absolute atomic E-state index is 0.0152. The maximum absolute atomic E-state index is 12.8. The van der Waals surface area contributed by atoms with E-state index in [0.29, 0.717) is 12.3 Å². The van der Waals surface area contributed by atoms with E-state index in [1.54, 1.807) is 7.11 Å². The monoisotopic (exact) mass is 410 g/mol. The molecule has 2 aliphatic heterocycles. The van der Waals surface area contributed by atoms with Crippen molar-refractivity contribution in [3.8, 4) is 17.2 Å². The van der Waals surface area contributed by atoms with Crippen molar-refractivity contribution in [1.29, 1.82) is 0 Å². The molecule has 0 atom stereocenters. The number of rotatable bonds is 5. The van der Waals surface area contributed by atoms with E-state index < -0.39 is 0 Å². The first kappa shape index (κ1) is 20.4. The minimum atomic E-state index is -0.235. The molecule has 2 heterocycles. The van der Waals surface area contributed by atoms with Crippen LogP contribution in [0.4, 0.5) is 5.69 Å². The Kier molecular flexibility index (Phi) is 5.75. The van der Waals surface area contributed by atoms with Crippen molar-refractivity contribution in [1.82, 2.24) is 4.90 Å². The second-order valence-electron chi connectivity index (χ2n) is 8.49. The van der Waals surface area contributed by atoms with Gasteiger partial charge in [-0.25, -0.2) is 0 Å². The lowest BCUT2D eigenvalue weighted by atomic mass is 10.0. The van der Waals surface area contributed by atoms with Crippen molar-refractivity contribution in [2.45, 2.75) is 32.3 Å². The summed E-state index contributed by atoms with van der Waals surface area (Å²) in [5.41, 5.74) is 2.05. The molecule has 0 bridgehead atoms. The highest BCUT2D eigenvalue weighted by Crippen LogP contribution is 2.41. The number of amides is 1. The van der Waals surface area contributed by atoms with E-state index in [0.717, 1.165) is 55.2 Å². The molecule has 1 amide bonds. The summed E-state index contributed by atoms with van der Waals surface area (Å²) in [4.78, 5) is 17.0. The SMILES string of the molecule is COc1ccc(N2CCCN(C(=O)COc3cccc4c3OC(C)(C)C4)CC2)cc1. The van der Waals surface area contributed by atoms with Crippen LogP contribution in [0.2, 0.25) is 0 Å². The summed E-state index contributed by atoms with van der Waals surface area (Å²) in [6.45, 7) is 7.31. The van der Waals surface area contributed by atoms with Crippen LogP contribution in [0.5, 0.6) is 17.2 Å². The summed E-state index contributed by atoms with van der Waals surface area (Å²) < 4.78 is 17.2. The lowest BCUT2D eigenvalue weighted by Gasteiger charge is -2.24. The predicted octanol–water partition coefficient (Wildman–Crippen LogP) is 3.53. The Labute approximate surface area is 178 Å². The van der Waals surface area contributed by atoms with Crippen LogP contribution in [-0.2, 0) is 11.2 Å². The largest absolute Gasteiger partial charge is 0.497 e. The Balaban J connectivity index is 1.33. The average Bonchev–Trinajstić information content (AvgIpc) is 2.91. The molecule has 0 radical (unpaired) electrons. The normalized spacial score (nSPS) is 17.7. The summed E-state index contributed by atoms with van der Waals surface area (Å²) >= 11 is 0. The maximum atomic E-state index is 12.8. The second-order valence-corrected chi connectivity index (χ2v) is 8.49. The third-order valence-corrected chi connectivity index (χ3v) is 5.69. The van der Waals surface area contributed by atoms with Crippen molar-refractivity contribution in [2.24, 2.45) is 0 Å². The maximum Gasteiger partial charge on any atom is 0.260 e. The van der Waals surface area contributed by atoms with E-state index >= 15 is 0 Å². The summed E-state index contributed by atoms with van der Waals surface area (Å²) in [6, 6.07) is 14.0. The van der Waals surface area contributed by atoms with Crippen LogP contribution in [0.3, 0.4) is 0 Å². The molecule has 1 fully saturated rings. The molecule has 0 N–H and O–H groups in total. The van der Waals surface area contributed by atoms with Crippen molar-refractivity contribution in [3.63, 3.8) is 0 Å². The van der Waals surface area contributed by atoms with Crippen molar-refractivity contribution < 1.29 is 19.0 Å². The van der Waals surface area contributed by atoms with Crippen molar-refractivity contribution in [2.75, 3.05) is 44.8 Å². The van der Waals surface area contributed by atoms with Gasteiger partial charge in [0, 0.05) is 43.9 Å². The fourth-order valence-corrected chi connectivity index (χ4v) is 4.15. The molecule has 0 saturated carbocycles. The molecule has 0 aromatic heterocycles. The zero-order valence-electron chi connectivity index (χ0n) is 18.0. The first-order valence-corrected chi connectivity index (χ1v) is 10.6. The second kappa shape index (κ2) is 8.46. The summed E-state index contributed by atoms with van der Waals surface area (Å²) in [7, 11) is 1.67. The fraction of sp³-hybridized carbons (Fsp3) is 0.458. The highest BCUT2D eigenvalue weighted by Gasteiger charge is 2.32. The number of hydrogen-bond acceptors (Lipinski definition) is 5. The number of nitrogens with zero attached hydrogens (tertiary/aromatic N) is 2. The first-order chi connectivity index (χ1) is 14.4. The average molecular weight is 411 g/mol. The lowest BCUT2D eigenvalue weighted by molar-refractivity contribution is -0.133. The standard InChI is InChI=1S/C24H30N2O4/c1-24(2)16-18-6-4-7-21(23(18)30-24)29-17-22(27)26-13-5-12-25(14-15-26)19-8-10-20(28-3)11-9-19/h4,6-11H,5,12-17H2,1-3H3. The Morgan fingerprint density at radius 1 is 1.07 bits per heavy atom. The Morgan fingerprint density at radius 2 is 1.87 bits per heavy atom. The van der Waals surface area contributed by atoms with Crippen LogP contribution in [0.25, 0.3) is 0 Å². The van der Waals surface area contributed by atoms with Gasteiger partial charge in [-0.2, -0.15) is 0 Å². The van der Waals surface area contributed by atoms with Gasteiger partial charge >= 0.3 is 0 Å². The molecule has 0 spiro atoms. The van der Waals surface area contributed by atoms with E-state index in [9.17, 15) is 4.79 Å². The van der Waals surface area contributed by atoms with E-state index in [1.165, 1.54) is 0 Å². The smallest absolute Gasteiger partial charge is 0.260 e. The van der Waals surface area contributed by atoms with Gasteiger partial charge in [0.05, 0.1) is 7.11 Å². The van der Waals surface area contributed by atoms with Crippen LogP contribution < -0.4 is 19.1 Å². The van der Waals surface area contributed by atoms with E-state index in [2.05, 4.69) is 36.9 Å². The summed E-state index contributed by atoms with van der Waals surface area (Å²) in [6.07, 6.45) is 1.77. The van der Waals surface area contributed by atoms with E-state index in [1.807, 2.05) is 29.2 Å². The molecule has 2 aliphatic rings. The number of carbonyl (C=O) groups excluding carboxylic acids is 1. The van der Waals surface area contributed by atoms with Crippen molar-refractivity contribution in [3.05, 3.63) is 48.0 Å². The van der Waals surface area contributed by atoms with Gasteiger partial charge in [0.25, 0.3) is 5.91 Å². The van der Waals surface area contributed by atoms with Gasteiger partial charge in [-0.3, -0.25) is 4.79 Å². The zero-order valence-corrected chi connectivity index (χ0v) is 18.0. The molecular weight excluding hydrogens is 380 g/mol. The number of carbonyl (C=O) groups is 1. The third kappa shape index (κ3) is 4.48. The number of benzene rings is 2. The van der Waals surface area contributed by atoms with Crippen molar-refractivity contribution >= 4 is 11.6 Å². The number of hydrogen-bond donors (Lipinski definition) is 0. The highest BCUT2D eigenvalue weighted by atomic mass is 16.5. The molecule has 4 rings (SSSR count). The minimum Gasteiger partial charge on any atom is -0.497 e. The quantitative estimate of drug-likeness (QED) is 0.755. The van der Waals surface area contributed by atoms with Gasteiger partial charge in [0.15, 0.2) is 18.1 Å². The number of fused-ring (bicyclic) bond motifs is 1. The molecular formula is C24H30N2O4. The van der Waals surface area contributed by atoms with E-state index in [-0.39, 0.29) is 18.1 Å². The van der Waals surface area contributed by atoms with Crippen LogP contribution in [-0.4, -0.2) is 56.3 Å². The molecule has 6 nitrogen and oxygen atoms in total. The molecule has 2 aromatic carbocycles. The van der Waals surface area contributed by atoms with Gasteiger partial charge in [-0.05, 0) is 50.6 Å². The number of para-hydroxylation sites is 1. The summed E-state index contributed by atoms with van der Waals surface area (Å²) in [5.74, 6) is 2.29. The third-order valence-electron chi connectivity index (χ3n) is 5.69. The lowest BCUT2D eigenvalue weighted by Crippen LogP contribution is -2.38. The molecule has 1 saturated heterocycles. The molecule has 6 heteroatoms. The number of methoxy groups -OCH3 is 1. The Bertz CT molecular complexity index is 895. The van der Waals surface area contributed by atoms with Gasteiger partial charge in [-0.15, -0.1) is 0 Å². The van der Waals surface area contributed by atoms with Gasteiger partial charge in [0.2, 0.25) is 0 Å². The fourth-order valence-electron chi connectivity index (χ4n) is 4.15. The molecule has 160 valence electrons. The topological polar surface area (TPSA) is 51.2 Å². The molecule has 30 heavy (non-hydrogen) atoms. The number of ether oxygens (including phenoxy) is 3. The first-order valence-electron chi connectivity index (χ1n) is 10.6. The van der Waals surface area contributed by atoms with Gasteiger partial charge < -0.3 is 24.0 Å². The summed E-state index contributed by atoms with van der Waals surface area (Å²) in [5, 5.41) is 0. The highest BCUT2D eigenvalue weighted by molar-refractivity contribution is 5.78. The van der Waals surface area contributed by atoms with E-state index in [4.69, 9.17) is 14.2 Å². The Morgan fingerprint density at radius 3 is 2.63 bits per heavy atom. The van der Waals surface area contributed by atoms with Crippen LogP contribution in [0.15, 0.2) is 42.5 Å². The van der Waals surface area contributed by atoms with Crippen LogP contribution in [0, 0.1) is 0 Å². The molecule has 0 unspecified atom stereocenters. The van der Waals surface area contributed by atoms with Crippen LogP contribution >= 0.6 is 0 Å².